The standard InChI is InChI=1S/C23H26N2O2/c1-3-16-4-6-18(7-5-16)23(26)25-12-10-17(11-13-25)21-15-24-22-9-8-19(27-2)14-20(21)22/h4-9,14-15,17,24H,3,10-13H2,1-2H3. The third kappa shape index (κ3) is 3.44. The quantitative estimate of drug-likeness (QED) is 0.727. The molecule has 1 aromatic heterocycles. The Morgan fingerprint density at radius 1 is 1.15 bits per heavy atom. The fraction of sp³-hybridized carbons (Fsp3) is 0.348. The number of nitrogens with one attached hydrogen (secondary N) is 1. The van der Waals surface area contributed by atoms with Gasteiger partial charge in [-0.1, -0.05) is 19.1 Å². The van der Waals surface area contributed by atoms with Gasteiger partial charge in [0.2, 0.25) is 0 Å². The van der Waals surface area contributed by atoms with Crippen LogP contribution >= 0.6 is 0 Å². The zero-order valence-electron chi connectivity index (χ0n) is 16.0. The first-order valence-electron chi connectivity index (χ1n) is 9.73. The van der Waals surface area contributed by atoms with Crippen molar-refractivity contribution in [1.82, 2.24) is 9.88 Å². The van der Waals surface area contributed by atoms with Crippen LogP contribution in [0.25, 0.3) is 10.9 Å². The molecule has 0 aliphatic carbocycles. The van der Waals surface area contributed by atoms with Crippen LogP contribution in [-0.4, -0.2) is 36.0 Å². The Balaban J connectivity index is 1.46. The van der Waals surface area contributed by atoms with Crippen molar-refractivity contribution in [3.05, 3.63) is 65.4 Å². The SMILES string of the molecule is CCc1ccc(C(=O)N2CCC(c3c[nH]c4ccc(OC)cc34)CC2)cc1. The third-order valence-corrected chi connectivity index (χ3v) is 5.75. The second kappa shape index (κ2) is 7.47. The number of aromatic nitrogens is 1. The maximum absolute atomic E-state index is 12.8. The second-order valence-electron chi connectivity index (χ2n) is 7.27. The highest BCUT2D eigenvalue weighted by Gasteiger charge is 2.26. The van der Waals surface area contributed by atoms with Crippen LogP contribution in [0, 0.1) is 0 Å². The molecule has 4 rings (SSSR count). The number of rotatable bonds is 4. The van der Waals surface area contributed by atoms with E-state index in [4.69, 9.17) is 4.74 Å². The number of likely N-dealkylation sites (tertiary alicyclic amines) is 1. The van der Waals surface area contributed by atoms with Crippen LogP contribution in [0.2, 0.25) is 0 Å². The van der Waals surface area contributed by atoms with Gasteiger partial charge >= 0.3 is 0 Å². The van der Waals surface area contributed by atoms with Crippen LogP contribution in [0.3, 0.4) is 0 Å². The van der Waals surface area contributed by atoms with Crippen molar-refractivity contribution in [2.24, 2.45) is 0 Å². The third-order valence-electron chi connectivity index (χ3n) is 5.75. The van der Waals surface area contributed by atoms with E-state index in [0.29, 0.717) is 5.92 Å². The molecule has 4 nitrogen and oxygen atoms in total. The van der Waals surface area contributed by atoms with Gasteiger partial charge in [0.1, 0.15) is 5.75 Å². The predicted octanol–water partition coefficient (Wildman–Crippen LogP) is 4.76. The highest BCUT2D eigenvalue weighted by molar-refractivity contribution is 5.94. The number of fused-ring (bicyclic) bond motifs is 1. The van der Waals surface area contributed by atoms with Gasteiger partial charge in [-0.05, 0) is 66.6 Å². The first-order chi connectivity index (χ1) is 13.2. The van der Waals surface area contributed by atoms with E-state index in [9.17, 15) is 4.79 Å². The average Bonchev–Trinajstić information content (AvgIpc) is 3.16. The van der Waals surface area contributed by atoms with Crippen molar-refractivity contribution in [3.8, 4) is 5.75 Å². The van der Waals surface area contributed by atoms with Gasteiger partial charge in [0, 0.05) is 35.8 Å². The Hall–Kier alpha value is -2.75. The number of carbonyl (C=O) groups is 1. The van der Waals surface area contributed by atoms with E-state index in [1.165, 1.54) is 16.5 Å². The summed E-state index contributed by atoms with van der Waals surface area (Å²) < 4.78 is 5.38. The molecule has 1 N–H and O–H groups in total. The second-order valence-corrected chi connectivity index (χ2v) is 7.27. The van der Waals surface area contributed by atoms with E-state index in [-0.39, 0.29) is 5.91 Å². The van der Waals surface area contributed by atoms with E-state index >= 15 is 0 Å². The van der Waals surface area contributed by atoms with E-state index < -0.39 is 0 Å². The number of piperidine rings is 1. The fourth-order valence-corrected chi connectivity index (χ4v) is 4.05. The van der Waals surface area contributed by atoms with Crippen molar-refractivity contribution in [1.29, 1.82) is 0 Å². The summed E-state index contributed by atoms with van der Waals surface area (Å²) >= 11 is 0. The summed E-state index contributed by atoms with van der Waals surface area (Å²) in [6.07, 6.45) is 5.09. The summed E-state index contributed by atoms with van der Waals surface area (Å²) in [5, 5.41) is 1.23. The van der Waals surface area contributed by atoms with E-state index in [1.807, 2.05) is 23.1 Å². The number of methoxy groups -OCH3 is 1. The van der Waals surface area contributed by atoms with Crippen molar-refractivity contribution >= 4 is 16.8 Å². The van der Waals surface area contributed by atoms with Crippen LogP contribution in [-0.2, 0) is 6.42 Å². The van der Waals surface area contributed by atoms with E-state index in [1.54, 1.807) is 7.11 Å². The number of hydrogen-bond donors (Lipinski definition) is 1. The number of amides is 1. The summed E-state index contributed by atoms with van der Waals surface area (Å²) in [6, 6.07) is 14.2. The summed E-state index contributed by atoms with van der Waals surface area (Å²) in [7, 11) is 1.70. The van der Waals surface area contributed by atoms with Gasteiger partial charge in [-0.25, -0.2) is 0 Å². The molecule has 1 saturated heterocycles. The van der Waals surface area contributed by atoms with Gasteiger partial charge in [0.05, 0.1) is 7.11 Å². The van der Waals surface area contributed by atoms with Crippen LogP contribution in [0.5, 0.6) is 5.75 Å². The lowest BCUT2D eigenvalue weighted by atomic mass is 9.89. The van der Waals surface area contributed by atoms with Gasteiger partial charge in [-0.3, -0.25) is 4.79 Å². The van der Waals surface area contributed by atoms with Gasteiger partial charge < -0.3 is 14.6 Å². The molecule has 0 unspecified atom stereocenters. The Bertz CT molecular complexity index is 935. The maximum Gasteiger partial charge on any atom is 0.253 e. The minimum absolute atomic E-state index is 0.150. The summed E-state index contributed by atoms with van der Waals surface area (Å²) in [6.45, 7) is 3.73. The molecule has 0 saturated carbocycles. The molecule has 1 amide bonds. The smallest absolute Gasteiger partial charge is 0.253 e. The van der Waals surface area contributed by atoms with Crippen LogP contribution < -0.4 is 4.74 Å². The summed E-state index contributed by atoms with van der Waals surface area (Å²) in [5.41, 5.74) is 4.53. The predicted molar refractivity (Wildman–Crippen MR) is 109 cm³/mol. The average molecular weight is 362 g/mol. The first-order valence-corrected chi connectivity index (χ1v) is 9.73. The topological polar surface area (TPSA) is 45.3 Å². The summed E-state index contributed by atoms with van der Waals surface area (Å²) in [4.78, 5) is 18.2. The first kappa shape index (κ1) is 17.7. The van der Waals surface area contributed by atoms with Gasteiger partial charge in [-0.15, -0.1) is 0 Å². The van der Waals surface area contributed by atoms with Crippen molar-refractivity contribution < 1.29 is 9.53 Å². The molecular formula is C23H26N2O2. The molecule has 4 heteroatoms. The molecule has 1 aliphatic heterocycles. The number of nitrogens with zero attached hydrogens (tertiary/aromatic N) is 1. The van der Waals surface area contributed by atoms with Crippen molar-refractivity contribution in [2.45, 2.75) is 32.1 Å². The number of hydrogen-bond acceptors (Lipinski definition) is 2. The number of aryl methyl sites for hydroxylation is 1. The minimum atomic E-state index is 0.150. The number of benzene rings is 2. The molecule has 1 aliphatic rings. The number of aromatic amines is 1. The molecule has 2 aromatic carbocycles. The molecule has 2 heterocycles. The monoisotopic (exact) mass is 362 g/mol. The highest BCUT2D eigenvalue weighted by Crippen LogP contribution is 2.35. The lowest BCUT2D eigenvalue weighted by Gasteiger charge is -2.32. The molecular weight excluding hydrogens is 336 g/mol. The van der Waals surface area contributed by atoms with Gasteiger partial charge in [0.15, 0.2) is 0 Å². The normalized spacial score (nSPS) is 15.3. The van der Waals surface area contributed by atoms with Crippen LogP contribution in [0.1, 0.15) is 47.2 Å². The molecule has 1 fully saturated rings. The Labute approximate surface area is 160 Å². The zero-order valence-corrected chi connectivity index (χ0v) is 16.0. The maximum atomic E-state index is 12.8. The highest BCUT2D eigenvalue weighted by atomic mass is 16.5. The van der Waals surface area contributed by atoms with Gasteiger partial charge in [-0.2, -0.15) is 0 Å². The van der Waals surface area contributed by atoms with E-state index in [0.717, 1.165) is 49.2 Å². The lowest BCUT2D eigenvalue weighted by molar-refractivity contribution is 0.0713. The van der Waals surface area contributed by atoms with Crippen LogP contribution in [0.15, 0.2) is 48.7 Å². The number of H-pyrrole nitrogens is 1. The molecule has 27 heavy (non-hydrogen) atoms. The largest absolute Gasteiger partial charge is 0.497 e. The molecule has 0 spiro atoms. The molecule has 0 bridgehead atoms. The Morgan fingerprint density at radius 3 is 2.56 bits per heavy atom. The zero-order chi connectivity index (χ0) is 18.8. The molecule has 0 radical (unpaired) electrons. The fourth-order valence-electron chi connectivity index (χ4n) is 4.05. The Morgan fingerprint density at radius 2 is 1.89 bits per heavy atom. The lowest BCUT2D eigenvalue weighted by Crippen LogP contribution is -2.37. The molecule has 3 aromatic rings. The summed E-state index contributed by atoms with van der Waals surface area (Å²) in [5.74, 6) is 1.50. The van der Waals surface area contributed by atoms with Gasteiger partial charge in [0.25, 0.3) is 5.91 Å². The molecule has 0 atom stereocenters. The van der Waals surface area contributed by atoms with E-state index in [2.05, 4.69) is 42.4 Å². The molecule has 140 valence electrons. The Kier molecular flexibility index (Phi) is 4.88. The number of carbonyl (C=O) groups excluding carboxylic acids is 1. The number of ether oxygens (including phenoxy) is 1. The van der Waals surface area contributed by atoms with Crippen LogP contribution in [0.4, 0.5) is 0 Å². The van der Waals surface area contributed by atoms with Crippen molar-refractivity contribution in [3.63, 3.8) is 0 Å². The minimum Gasteiger partial charge on any atom is -0.497 e. The van der Waals surface area contributed by atoms with Crippen molar-refractivity contribution in [2.75, 3.05) is 20.2 Å².